The average Bonchev–Trinajstić information content (AvgIpc) is 3.14. The molecule has 3 heterocycles. The van der Waals surface area contributed by atoms with Crippen molar-refractivity contribution >= 4 is 23.6 Å². The molecular formula is C17H12N4O. The van der Waals surface area contributed by atoms with Crippen LogP contribution in [0.25, 0.3) is 23.0 Å². The van der Waals surface area contributed by atoms with E-state index in [-0.39, 0.29) is 5.56 Å². The number of nitrogens with one attached hydrogen (secondary N) is 2. The Labute approximate surface area is 126 Å². The molecule has 0 fully saturated rings. The zero-order valence-electron chi connectivity index (χ0n) is 11.6. The van der Waals surface area contributed by atoms with Crippen LogP contribution in [0.4, 0.5) is 5.69 Å². The summed E-state index contributed by atoms with van der Waals surface area (Å²) < 4.78 is 0. The number of hydrogen-bond acceptors (Lipinski definition) is 3. The van der Waals surface area contributed by atoms with Crippen LogP contribution < -0.4 is 5.56 Å². The number of hydrogen-bond donors (Lipinski definition) is 2. The van der Waals surface area contributed by atoms with Crippen LogP contribution in [0, 0.1) is 0 Å². The largest absolute Gasteiger partial charge is 0.295 e. The number of allylic oxidation sites excluding steroid dienone is 1. The number of nitrogens with zero attached hydrogens (tertiary/aromatic N) is 2. The van der Waals surface area contributed by atoms with Crippen LogP contribution in [-0.4, -0.2) is 21.4 Å². The van der Waals surface area contributed by atoms with Crippen molar-refractivity contribution in [1.29, 1.82) is 0 Å². The molecule has 0 saturated carbocycles. The predicted molar refractivity (Wildman–Crippen MR) is 87.1 cm³/mol. The van der Waals surface area contributed by atoms with Gasteiger partial charge in [-0.3, -0.25) is 25.0 Å². The standard InChI is InChI=1S/C17H12N4O/c22-17-13(16(20-21-17)15-7-3-4-8-18-15)9-11-10-19-14-6-2-1-5-12(11)14/h1-10H,(H2,20,21,22)/b11-9-. The van der Waals surface area contributed by atoms with E-state index in [0.29, 0.717) is 11.3 Å². The van der Waals surface area contributed by atoms with Crippen molar-refractivity contribution < 1.29 is 0 Å². The quantitative estimate of drug-likeness (QED) is 0.760. The summed E-state index contributed by atoms with van der Waals surface area (Å²) >= 11 is 0. The number of aliphatic imine (C=N–C) groups is 1. The molecule has 0 bridgehead atoms. The van der Waals surface area contributed by atoms with E-state index in [0.717, 1.165) is 22.5 Å². The van der Waals surface area contributed by atoms with E-state index < -0.39 is 0 Å². The molecule has 0 aliphatic carbocycles. The molecule has 0 unspecified atom stereocenters. The van der Waals surface area contributed by atoms with Crippen molar-refractivity contribution in [2.75, 3.05) is 0 Å². The molecule has 22 heavy (non-hydrogen) atoms. The van der Waals surface area contributed by atoms with Crippen molar-refractivity contribution in [1.82, 2.24) is 15.2 Å². The van der Waals surface area contributed by atoms with Crippen LogP contribution in [0.5, 0.6) is 0 Å². The summed E-state index contributed by atoms with van der Waals surface area (Å²) in [5.41, 5.74) is 4.63. The fraction of sp³-hybridized carbons (Fsp3) is 0. The lowest BCUT2D eigenvalue weighted by Gasteiger charge is -2.00. The van der Waals surface area contributed by atoms with Gasteiger partial charge in [0.15, 0.2) is 0 Å². The number of pyridine rings is 1. The molecule has 2 N–H and O–H groups in total. The summed E-state index contributed by atoms with van der Waals surface area (Å²) in [6, 6.07) is 13.4. The van der Waals surface area contributed by atoms with Crippen LogP contribution >= 0.6 is 0 Å². The highest BCUT2D eigenvalue weighted by Crippen LogP contribution is 2.32. The average molecular weight is 288 g/mol. The maximum absolute atomic E-state index is 12.1. The molecule has 106 valence electrons. The summed E-state index contributed by atoms with van der Waals surface area (Å²) in [6.45, 7) is 0. The lowest BCUT2D eigenvalue weighted by Crippen LogP contribution is -2.02. The number of rotatable bonds is 2. The van der Waals surface area contributed by atoms with Gasteiger partial charge < -0.3 is 0 Å². The molecule has 0 spiro atoms. The number of aromatic nitrogens is 3. The van der Waals surface area contributed by atoms with Crippen LogP contribution in [-0.2, 0) is 0 Å². The Morgan fingerprint density at radius 3 is 2.73 bits per heavy atom. The maximum atomic E-state index is 12.1. The number of benzene rings is 1. The van der Waals surface area contributed by atoms with Gasteiger partial charge in [0.2, 0.25) is 0 Å². The second kappa shape index (κ2) is 4.96. The van der Waals surface area contributed by atoms with Gasteiger partial charge in [0.25, 0.3) is 5.56 Å². The van der Waals surface area contributed by atoms with Crippen molar-refractivity contribution in [3.8, 4) is 11.4 Å². The minimum Gasteiger partial charge on any atom is -0.295 e. The third-order valence-electron chi connectivity index (χ3n) is 3.59. The van der Waals surface area contributed by atoms with Gasteiger partial charge in [-0.1, -0.05) is 24.3 Å². The monoisotopic (exact) mass is 288 g/mol. The minimum atomic E-state index is -0.175. The predicted octanol–water partition coefficient (Wildman–Crippen LogP) is 3.02. The Balaban J connectivity index is 1.86. The van der Waals surface area contributed by atoms with Crippen molar-refractivity contribution in [3.63, 3.8) is 0 Å². The molecule has 0 radical (unpaired) electrons. The minimum absolute atomic E-state index is 0.175. The maximum Gasteiger partial charge on any atom is 0.271 e. The topological polar surface area (TPSA) is 73.9 Å². The first kappa shape index (κ1) is 12.5. The lowest BCUT2D eigenvalue weighted by molar-refractivity contribution is 1.05. The van der Waals surface area contributed by atoms with Crippen LogP contribution in [0.15, 0.2) is 58.4 Å². The number of para-hydroxylation sites is 1. The van der Waals surface area contributed by atoms with Crippen molar-refractivity contribution in [3.05, 3.63) is 70.1 Å². The molecule has 1 aliphatic heterocycles. The van der Waals surface area contributed by atoms with Gasteiger partial charge >= 0.3 is 0 Å². The number of aromatic amines is 2. The van der Waals surface area contributed by atoms with Crippen LogP contribution in [0.1, 0.15) is 11.1 Å². The van der Waals surface area contributed by atoms with E-state index in [9.17, 15) is 4.79 Å². The zero-order valence-corrected chi connectivity index (χ0v) is 11.6. The molecule has 0 saturated heterocycles. The fourth-order valence-electron chi connectivity index (χ4n) is 2.53. The molecule has 2 aromatic heterocycles. The molecule has 1 aliphatic rings. The first-order valence-electron chi connectivity index (χ1n) is 6.90. The molecule has 0 atom stereocenters. The Kier molecular flexibility index (Phi) is 2.83. The van der Waals surface area contributed by atoms with Gasteiger partial charge in [-0.25, -0.2) is 0 Å². The van der Waals surface area contributed by atoms with E-state index in [1.165, 1.54) is 0 Å². The highest BCUT2D eigenvalue weighted by Gasteiger charge is 2.15. The van der Waals surface area contributed by atoms with Gasteiger partial charge in [-0.15, -0.1) is 0 Å². The van der Waals surface area contributed by atoms with E-state index in [1.54, 1.807) is 12.4 Å². The third-order valence-corrected chi connectivity index (χ3v) is 3.59. The fourth-order valence-corrected chi connectivity index (χ4v) is 2.53. The second-order valence-corrected chi connectivity index (χ2v) is 4.96. The molecule has 4 rings (SSSR count). The molecular weight excluding hydrogens is 276 g/mol. The van der Waals surface area contributed by atoms with Gasteiger partial charge in [-0.2, -0.15) is 0 Å². The van der Waals surface area contributed by atoms with E-state index in [2.05, 4.69) is 20.2 Å². The summed E-state index contributed by atoms with van der Waals surface area (Å²) in [7, 11) is 0. The van der Waals surface area contributed by atoms with Crippen molar-refractivity contribution in [2.24, 2.45) is 4.99 Å². The van der Waals surface area contributed by atoms with Gasteiger partial charge in [0.05, 0.1) is 22.6 Å². The Morgan fingerprint density at radius 2 is 1.86 bits per heavy atom. The van der Waals surface area contributed by atoms with E-state index in [4.69, 9.17) is 0 Å². The SMILES string of the molecule is O=c1[nH][nH]c(-c2ccccn2)c1/C=C1/C=Nc2ccccc21. The van der Waals surface area contributed by atoms with Crippen LogP contribution in [0.2, 0.25) is 0 Å². The Hall–Kier alpha value is -3.21. The zero-order chi connectivity index (χ0) is 14.9. The number of fused-ring (bicyclic) bond motifs is 1. The first-order chi connectivity index (χ1) is 10.8. The Bertz CT molecular complexity index is 948. The van der Waals surface area contributed by atoms with Gasteiger partial charge in [-0.05, 0) is 24.3 Å². The van der Waals surface area contributed by atoms with Crippen molar-refractivity contribution in [2.45, 2.75) is 0 Å². The van der Waals surface area contributed by atoms with Gasteiger partial charge in [0, 0.05) is 23.5 Å². The Morgan fingerprint density at radius 1 is 1.00 bits per heavy atom. The van der Waals surface area contributed by atoms with E-state index >= 15 is 0 Å². The highest BCUT2D eigenvalue weighted by atomic mass is 16.1. The molecule has 5 heteroatoms. The van der Waals surface area contributed by atoms with Gasteiger partial charge in [0.1, 0.15) is 0 Å². The smallest absolute Gasteiger partial charge is 0.271 e. The summed E-state index contributed by atoms with van der Waals surface area (Å²) in [5, 5.41) is 5.52. The second-order valence-electron chi connectivity index (χ2n) is 4.96. The third kappa shape index (κ3) is 2.00. The highest BCUT2D eigenvalue weighted by molar-refractivity contribution is 6.21. The molecule has 0 amide bonds. The normalized spacial score (nSPS) is 14.5. The summed E-state index contributed by atoms with van der Waals surface area (Å²) in [6.07, 6.45) is 5.32. The summed E-state index contributed by atoms with van der Waals surface area (Å²) in [4.78, 5) is 20.8. The molecule has 1 aromatic carbocycles. The summed E-state index contributed by atoms with van der Waals surface area (Å²) in [5.74, 6) is 0. The molecule has 5 nitrogen and oxygen atoms in total. The first-order valence-corrected chi connectivity index (χ1v) is 6.90. The lowest BCUT2D eigenvalue weighted by atomic mass is 10.0. The van der Waals surface area contributed by atoms with E-state index in [1.807, 2.05) is 48.5 Å². The number of H-pyrrole nitrogens is 2. The molecule has 3 aromatic rings. The van der Waals surface area contributed by atoms with Crippen LogP contribution in [0.3, 0.4) is 0 Å².